The zero-order chi connectivity index (χ0) is 11.5. The van der Waals surface area contributed by atoms with E-state index < -0.39 is 0 Å². The molecule has 1 aromatic rings. The lowest BCUT2D eigenvalue weighted by atomic mass is 9.93. The number of nitrogen functional groups attached to an aromatic ring is 1. The van der Waals surface area contributed by atoms with Gasteiger partial charge in [-0.1, -0.05) is 32.4 Å². The van der Waals surface area contributed by atoms with Crippen molar-refractivity contribution in [3.63, 3.8) is 0 Å². The van der Waals surface area contributed by atoms with Gasteiger partial charge in [0, 0.05) is 5.69 Å². The standard InChI is InChI=1S/C12H18ClNO/c1-12(2,3)6-7-15-11-5-4-9(14)8-10(11)13/h4-5,8H,6-7,14H2,1-3H3. The van der Waals surface area contributed by atoms with E-state index in [0.29, 0.717) is 23.1 Å². The summed E-state index contributed by atoms with van der Waals surface area (Å²) < 4.78 is 5.58. The van der Waals surface area contributed by atoms with E-state index in [1.807, 2.05) is 0 Å². The van der Waals surface area contributed by atoms with Gasteiger partial charge in [-0.3, -0.25) is 0 Å². The van der Waals surface area contributed by atoms with Crippen molar-refractivity contribution >= 4 is 17.3 Å². The summed E-state index contributed by atoms with van der Waals surface area (Å²) in [5, 5.41) is 0.573. The lowest BCUT2D eigenvalue weighted by molar-refractivity contribution is 0.243. The predicted octanol–water partition coefficient (Wildman–Crippen LogP) is 3.74. The smallest absolute Gasteiger partial charge is 0.138 e. The molecule has 2 N–H and O–H groups in total. The van der Waals surface area contributed by atoms with Gasteiger partial charge in [-0.25, -0.2) is 0 Å². The average molecular weight is 228 g/mol. The maximum absolute atomic E-state index is 5.97. The van der Waals surface area contributed by atoms with Crippen LogP contribution in [0.1, 0.15) is 27.2 Å². The Morgan fingerprint density at radius 3 is 2.53 bits per heavy atom. The third kappa shape index (κ3) is 4.43. The van der Waals surface area contributed by atoms with Crippen LogP contribution >= 0.6 is 11.6 Å². The Kier molecular flexibility index (Phi) is 3.86. The first kappa shape index (κ1) is 12.2. The largest absolute Gasteiger partial charge is 0.492 e. The van der Waals surface area contributed by atoms with E-state index in [-0.39, 0.29) is 5.41 Å². The Labute approximate surface area is 96.4 Å². The Balaban J connectivity index is 2.51. The van der Waals surface area contributed by atoms with Crippen molar-refractivity contribution in [2.45, 2.75) is 27.2 Å². The van der Waals surface area contributed by atoms with Crippen molar-refractivity contribution < 1.29 is 4.74 Å². The number of halogens is 1. The lowest BCUT2D eigenvalue weighted by Gasteiger charge is -2.18. The second kappa shape index (κ2) is 4.75. The van der Waals surface area contributed by atoms with Crippen LogP contribution in [0.2, 0.25) is 5.02 Å². The van der Waals surface area contributed by atoms with Gasteiger partial charge >= 0.3 is 0 Å². The molecule has 0 unspecified atom stereocenters. The van der Waals surface area contributed by atoms with Gasteiger partial charge in [-0.15, -0.1) is 0 Å². The normalized spacial score (nSPS) is 11.5. The monoisotopic (exact) mass is 227 g/mol. The molecule has 0 saturated carbocycles. The molecule has 0 bridgehead atoms. The lowest BCUT2D eigenvalue weighted by Crippen LogP contribution is -2.11. The molecule has 1 aromatic carbocycles. The number of hydrogen-bond acceptors (Lipinski definition) is 2. The third-order valence-electron chi connectivity index (χ3n) is 2.07. The summed E-state index contributed by atoms with van der Waals surface area (Å²) in [6.45, 7) is 7.22. The summed E-state index contributed by atoms with van der Waals surface area (Å²) >= 11 is 5.97. The van der Waals surface area contributed by atoms with Crippen molar-refractivity contribution in [1.29, 1.82) is 0 Å². The first-order chi connectivity index (χ1) is 6.88. The fourth-order valence-corrected chi connectivity index (χ4v) is 1.34. The van der Waals surface area contributed by atoms with Crippen LogP contribution in [0, 0.1) is 5.41 Å². The molecule has 0 heterocycles. The van der Waals surface area contributed by atoms with Gasteiger partial charge in [0.2, 0.25) is 0 Å². The van der Waals surface area contributed by atoms with Crippen molar-refractivity contribution in [1.82, 2.24) is 0 Å². The van der Waals surface area contributed by atoms with Gasteiger partial charge in [0.15, 0.2) is 0 Å². The van der Waals surface area contributed by atoms with Crippen molar-refractivity contribution in [2.75, 3.05) is 12.3 Å². The first-order valence-electron chi connectivity index (χ1n) is 5.06. The number of benzene rings is 1. The summed E-state index contributed by atoms with van der Waals surface area (Å²) in [6, 6.07) is 5.30. The average Bonchev–Trinajstić information content (AvgIpc) is 2.07. The van der Waals surface area contributed by atoms with Gasteiger partial charge in [0.1, 0.15) is 5.75 Å². The molecule has 84 valence electrons. The number of hydrogen-bond donors (Lipinski definition) is 1. The summed E-state index contributed by atoms with van der Waals surface area (Å²) in [6.07, 6.45) is 0.994. The molecule has 0 aromatic heterocycles. The van der Waals surface area contributed by atoms with Crippen LogP contribution in [0.4, 0.5) is 5.69 Å². The van der Waals surface area contributed by atoms with Gasteiger partial charge in [0.25, 0.3) is 0 Å². The van der Waals surface area contributed by atoms with Gasteiger partial charge in [-0.2, -0.15) is 0 Å². The molecule has 0 atom stereocenters. The van der Waals surface area contributed by atoms with Crippen molar-refractivity contribution in [2.24, 2.45) is 5.41 Å². The predicted molar refractivity (Wildman–Crippen MR) is 65.4 cm³/mol. The molecule has 3 heteroatoms. The quantitative estimate of drug-likeness (QED) is 0.799. The molecule has 0 aliphatic carbocycles. The molecule has 1 rings (SSSR count). The van der Waals surface area contributed by atoms with Crippen molar-refractivity contribution in [3.05, 3.63) is 23.2 Å². The Bertz CT molecular complexity index is 331. The number of rotatable bonds is 3. The van der Waals surface area contributed by atoms with Crippen molar-refractivity contribution in [3.8, 4) is 5.75 Å². The topological polar surface area (TPSA) is 35.2 Å². The minimum absolute atomic E-state index is 0.278. The third-order valence-corrected chi connectivity index (χ3v) is 2.36. The maximum atomic E-state index is 5.97. The van der Waals surface area contributed by atoms with E-state index in [0.717, 1.165) is 6.42 Å². The van der Waals surface area contributed by atoms with Crippen LogP contribution in [0.25, 0.3) is 0 Å². The molecule has 0 radical (unpaired) electrons. The van der Waals surface area contributed by atoms with E-state index in [2.05, 4.69) is 20.8 Å². The molecule has 0 spiro atoms. The van der Waals surface area contributed by atoms with Gasteiger partial charge < -0.3 is 10.5 Å². The molecular weight excluding hydrogens is 210 g/mol. The number of ether oxygens (including phenoxy) is 1. The summed E-state index contributed by atoms with van der Waals surface area (Å²) in [5.74, 6) is 0.704. The number of nitrogens with two attached hydrogens (primary N) is 1. The van der Waals surface area contributed by atoms with Gasteiger partial charge in [-0.05, 0) is 30.0 Å². The highest BCUT2D eigenvalue weighted by atomic mass is 35.5. The highest BCUT2D eigenvalue weighted by Crippen LogP contribution is 2.27. The Morgan fingerprint density at radius 2 is 2.00 bits per heavy atom. The molecular formula is C12H18ClNO. The zero-order valence-electron chi connectivity index (χ0n) is 9.51. The minimum Gasteiger partial charge on any atom is -0.492 e. The zero-order valence-corrected chi connectivity index (χ0v) is 10.3. The highest BCUT2D eigenvalue weighted by Gasteiger charge is 2.10. The minimum atomic E-state index is 0.278. The van der Waals surface area contributed by atoms with Gasteiger partial charge in [0.05, 0.1) is 11.6 Å². The van der Waals surface area contributed by atoms with Crippen LogP contribution in [0.5, 0.6) is 5.75 Å². The SMILES string of the molecule is CC(C)(C)CCOc1ccc(N)cc1Cl. The fraction of sp³-hybridized carbons (Fsp3) is 0.500. The molecule has 0 amide bonds. The number of anilines is 1. The Hall–Kier alpha value is -0.890. The molecule has 0 aliphatic heterocycles. The highest BCUT2D eigenvalue weighted by molar-refractivity contribution is 6.32. The van der Waals surface area contributed by atoms with Crippen LogP contribution in [-0.4, -0.2) is 6.61 Å². The molecule has 0 aliphatic rings. The molecule has 0 fully saturated rings. The van der Waals surface area contributed by atoms with Crippen LogP contribution < -0.4 is 10.5 Å². The van der Waals surface area contributed by atoms with Crippen LogP contribution in [0.15, 0.2) is 18.2 Å². The first-order valence-corrected chi connectivity index (χ1v) is 5.44. The molecule has 15 heavy (non-hydrogen) atoms. The second-order valence-electron chi connectivity index (χ2n) is 4.85. The van der Waals surface area contributed by atoms with Crippen LogP contribution in [0.3, 0.4) is 0 Å². The Morgan fingerprint density at radius 1 is 1.33 bits per heavy atom. The maximum Gasteiger partial charge on any atom is 0.138 e. The van der Waals surface area contributed by atoms with E-state index in [1.165, 1.54) is 0 Å². The fourth-order valence-electron chi connectivity index (χ4n) is 1.10. The summed E-state index contributed by atoms with van der Waals surface area (Å²) in [5.41, 5.74) is 6.52. The summed E-state index contributed by atoms with van der Waals surface area (Å²) in [7, 11) is 0. The second-order valence-corrected chi connectivity index (χ2v) is 5.26. The van der Waals surface area contributed by atoms with E-state index in [9.17, 15) is 0 Å². The van der Waals surface area contributed by atoms with E-state index in [4.69, 9.17) is 22.1 Å². The summed E-state index contributed by atoms with van der Waals surface area (Å²) in [4.78, 5) is 0. The van der Waals surface area contributed by atoms with E-state index >= 15 is 0 Å². The van der Waals surface area contributed by atoms with E-state index in [1.54, 1.807) is 18.2 Å². The molecule has 0 saturated heterocycles. The molecule has 2 nitrogen and oxygen atoms in total. The van der Waals surface area contributed by atoms with Crippen LogP contribution in [-0.2, 0) is 0 Å².